The molecule has 31 heavy (non-hydrogen) atoms. The molecule has 0 spiro atoms. The van der Waals surface area contributed by atoms with Gasteiger partial charge < -0.3 is 10.6 Å². The lowest BCUT2D eigenvalue weighted by Crippen LogP contribution is -2.31. The van der Waals surface area contributed by atoms with Crippen molar-refractivity contribution in [1.29, 1.82) is 0 Å². The molecule has 10 heteroatoms. The summed E-state index contributed by atoms with van der Waals surface area (Å²) in [4.78, 5) is 28.6. The highest BCUT2D eigenvalue weighted by atomic mass is 19.4. The van der Waals surface area contributed by atoms with Crippen LogP contribution in [0.2, 0.25) is 0 Å². The van der Waals surface area contributed by atoms with Crippen LogP contribution < -0.4 is 16.3 Å². The second kappa shape index (κ2) is 9.67. The van der Waals surface area contributed by atoms with E-state index in [1.54, 1.807) is 9.13 Å². The number of rotatable bonds is 9. The molecule has 0 saturated heterocycles. The third-order valence-electron chi connectivity index (χ3n) is 4.78. The molecule has 7 nitrogen and oxygen atoms in total. The van der Waals surface area contributed by atoms with Gasteiger partial charge in [0.05, 0.1) is 16.6 Å². The van der Waals surface area contributed by atoms with E-state index in [2.05, 4.69) is 15.6 Å². The molecule has 0 atom stereocenters. The monoisotopic (exact) mass is 435 g/mol. The molecule has 3 aromatic rings. The zero-order chi connectivity index (χ0) is 22.4. The molecule has 0 fully saturated rings. The van der Waals surface area contributed by atoms with Crippen LogP contribution in [0.5, 0.6) is 0 Å². The Hall–Kier alpha value is -3.30. The summed E-state index contributed by atoms with van der Waals surface area (Å²) < 4.78 is 40.9. The Kier molecular flexibility index (Phi) is 6.98. The number of fused-ring (bicyclic) bond motifs is 1. The molecule has 3 rings (SSSR count). The van der Waals surface area contributed by atoms with Crippen molar-refractivity contribution in [3.63, 3.8) is 0 Å². The van der Waals surface area contributed by atoms with Crippen molar-refractivity contribution < 1.29 is 18.0 Å². The first-order valence-corrected chi connectivity index (χ1v) is 10.0. The van der Waals surface area contributed by atoms with E-state index < -0.39 is 11.7 Å². The van der Waals surface area contributed by atoms with Gasteiger partial charge in [-0.25, -0.2) is 9.78 Å². The van der Waals surface area contributed by atoms with E-state index in [1.807, 2.05) is 31.2 Å². The van der Waals surface area contributed by atoms with Gasteiger partial charge in [-0.15, -0.1) is 0 Å². The predicted octanol–water partition coefficient (Wildman–Crippen LogP) is 3.25. The summed E-state index contributed by atoms with van der Waals surface area (Å²) in [6.07, 6.45) is -2.70. The van der Waals surface area contributed by atoms with Crippen LogP contribution in [0, 0.1) is 0 Å². The van der Waals surface area contributed by atoms with Gasteiger partial charge >= 0.3 is 11.9 Å². The zero-order valence-corrected chi connectivity index (χ0v) is 17.1. The number of hydrogen-bond acceptors (Lipinski definition) is 4. The van der Waals surface area contributed by atoms with Gasteiger partial charge in [-0.1, -0.05) is 19.1 Å². The summed E-state index contributed by atoms with van der Waals surface area (Å²) in [5.41, 5.74) is 0.694. The van der Waals surface area contributed by atoms with E-state index in [1.165, 1.54) is 6.07 Å². The number of aryl methyl sites for hydroxylation is 2. The Morgan fingerprint density at radius 2 is 1.71 bits per heavy atom. The first-order chi connectivity index (χ1) is 14.8. The fourth-order valence-corrected chi connectivity index (χ4v) is 3.29. The number of hydrogen-bond donors (Lipinski definition) is 2. The molecule has 1 amide bonds. The molecule has 0 radical (unpaired) electrons. The highest BCUT2D eigenvalue weighted by Gasteiger charge is 2.30. The molecule has 2 heterocycles. The Labute approximate surface area is 176 Å². The molecular formula is C21H24F3N5O2. The van der Waals surface area contributed by atoms with E-state index in [-0.39, 0.29) is 36.9 Å². The topological polar surface area (TPSA) is 81.0 Å². The van der Waals surface area contributed by atoms with E-state index >= 15 is 0 Å². The lowest BCUT2D eigenvalue weighted by molar-refractivity contribution is -0.137. The number of nitrogens with zero attached hydrogens (tertiary/aromatic N) is 3. The van der Waals surface area contributed by atoms with Crippen molar-refractivity contribution in [3.05, 3.63) is 58.6 Å². The number of imidazole rings is 1. The van der Waals surface area contributed by atoms with Crippen molar-refractivity contribution in [3.8, 4) is 0 Å². The van der Waals surface area contributed by atoms with Crippen molar-refractivity contribution in [2.45, 2.75) is 39.0 Å². The maximum absolute atomic E-state index is 12.7. The van der Waals surface area contributed by atoms with Gasteiger partial charge in [-0.3, -0.25) is 13.9 Å². The number of para-hydroxylation sites is 2. The molecule has 2 N–H and O–H groups in total. The standard InChI is InChI=1S/C21H24F3N5O2/c1-2-12-28-16-5-3-4-6-17(16)29(20(28)31)13-9-19(30)26-11-10-25-18-8-7-15(14-27-18)21(22,23)24/h3-8,14H,2,9-13H2,1H3,(H,25,27)(H,26,30). The molecule has 0 aliphatic carbocycles. The van der Waals surface area contributed by atoms with Crippen molar-refractivity contribution in [2.75, 3.05) is 18.4 Å². The number of halogens is 3. The molecule has 2 aromatic heterocycles. The lowest BCUT2D eigenvalue weighted by Gasteiger charge is -2.09. The van der Waals surface area contributed by atoms with Crippen molar-refractivity contribution >= 4 is 22.8 Å². The van der Waals surface area contributed by atoms with Crippen LogP contribution >= 0.6 is 0 Å². The number of carbonyl (C=O) groups excluding carboxylic acids is 1. The molecule has 0 aliphatic rings. The fraction of sp³-hybridized carbons (Fsp3) is 0.381. The van der Waals surface area contributed by atoms with E-state index in [4.69, 9.17) is 0 Å². The Balaban J connectivity index is 1.49. The second-order valence-corrected chi connectivity index (χ2v) is 7.03. The molecule has 0 aliphatic heterocycles. The van der Waals surface area contributed by atoms with Gasteiger partial charge in [0.25, 0.3) is 0 Å². The number of aromatic nitrogens is 3. The van der Waals surface area contributed by atoms with Crippen LogP contribution in [0.3, 0.4) is 0 Å². The summed E-state index contributed by atoms with van der Waals surface area (Å²) in [7, 11) is 0. The predicted molar refractivity (Wildman–Crippen MR) is 112 cm³/mol. The molecule has 166 valence electrons. The van der Waals surface area contributed by atoms with E-state index in [0.717, 1.165) is 29.7 Å². The fourth-order valence-electron chi connectivity index (χ4n) is 3.29. The van der Waals surface area contributed by atoms with Gasteiger partial charge in [0, 0.05) is 38.8 Å². The largest absolute Gasteiger partial charge is 0.417 e. The Morgan fingerprint density at radius 1 is 1.03 bits per heavy atom. The van der Waals surface area contributed by atoms with Gasteiger partial charge in [0.15, 0.2) is 0 Å². The lowest BCUT2D eigenvalue weighted by atomic mass is 10.3. The summed E-state index contributed by atoms with van der Waals surface area (Å²) in [5.74, 6) is 0.0685. The minimum absolute atomic E-state index is 0.133. The first kappa shape index (κ1) is 22.4. The number of benzene rings is 1. The molecular weight excluding hydrogens is 411 g/mol. The average molecular weight is 435 g/mol. The zero-order valence-electron chi connectivity index (χ0n) is 17.1. The van der Waals surface area contributed by atoms with Crippen LogP contribution in [0.15, 0.2) is 47.4 Å². The SMILES string of the molecule is CCCn1c(=O)n(CCC(=O)NCCNc2ccc(C(F)(F)F)cn2)c2ccccc21. The molecule has 0 unspecified atom stereocenters. The Morgan fingerprint density at radius 3 is 2.29 bits per heavy atom. The van der Waals surface area contributed by atoms with Crippen LogP contribution in [-0.4, -0.2) is 33.1 Å². The van der Waals surface area contributed by atoms with Crippen molar-refractivity contribution in [1.82, 2.24) is 19.4 Å². The molecule has 1 aromatic carbocycles. The quantitative estimate of drug-likeness (QED) is 0.506. The maximum Gasteiger partial charge on any atom is 0.417 e. The van der Waals surface area contributed by atoms with Gasteiger partial charge in [0.2, 0.25) is 5.91 Å². The number of carbonyl (C=O) groups is 1. The number of alkyl halides is 3. The highest BCUT2D eigenvalue weighted by molar-refractivity contribution is 5.78. The van der Waals surface area contributed by atoms with E-state index in [9.17, 15) is 22.8 Å². The van der Waals surface area contributed by atoms with Crippen LogP contribution in [0.25, 0.3) is 11.0 Å². The third kappa shape index (κ3) is 5.44. The van der Waals surface area contributed by atoms with Crippen LogP contribution in [0.4, 0.5) is 19.0 Å². The summed E-state index contributed by atoms with van der Waals surface area (Å²) in [5, 5.41) is 5.58. The first-order valence-electron chi connectivity index (χ1n) is 10.0. The number of nitrogens with one attached hydrogen (secondary N) is 2. The summed E-state index contributed by atoms with van der Waals surface area (Å²) in [6, 6.07) is 9.68. The van der Waals surface area contributed by atoms with Crippen LogP contribution in [0.1, 0.15) is 25.3 Å². The molecule has 0 bridgehead atoms. The third-order valence-corrected chi connectivity index (χ3v) is 4.78. The smallest absolute Gasteiger partial charge is 0.368 e. The second-order valence-electron chi connectivity index (χ2n) is 7.03. The molecule has 0 saturated carbocycles. The highest BCUT2D eigenvalue weighted by Crippen LogP contribution is 2.28. The minimum Gasteiger partial charge on any atom is -0.368 e. The van der Waals surface area contributed by atoms with Gasteiger partial charge in [0.1, 0.15) is 5.82 Å². The number of amides is 1. The normalized spacial score (nSPS) is 11.6. The van der Waals surface area contributed by atoms with Crippen LogP contribution in [-0.2, 0) is 24.1 Å². The number of anilines is 1. The van der Waals surface area contributed by atoms with E-state index in [0.29, 0.717) is 13.1 Å². The van der Waals surface area contributed by atoms with Gasteiger partial charge in [-0.05, 0) is 30.7 Å². The average Bonchev–Trinajstić information content (AvgIpc) is 3.01. The summed E-state index contributed by atoms with van der Waals surface area (Å²) in [6.45, 7) is 3.45. The maximum atomic E-state index is 12.7. The number of pyridine rings is 1. The summed E-state index contributed by atoms with van der Waals surface area (Å²) >= 11 is 0. The van der Waals surface area contributed by atoms with Crippen molar-refractivity contribution in [2.24, 2.45) is 0 Å². The van der Waals surface area contributed by atoms with Gasteiger partial charge in [-0.2, -0.15) is 13.2 Å². The Bertz CT molecular complexity index is 1090. The minimum atomic E-state index is -4.43.